The summed E-state index contributed by atoms with van der Waals surface area (Å²) >= 11 is 0. The second-order valence-corrected chi connectivity index (χ2v) is 5.82. The van der Waals surface area contributed by atoms with E-state index >= 15 is 0 Å². The normalized spacial score (nSPS) is 13.0. The molecule has 0 saturated carbocycles. The maximum atomic E-state index is 12.7. The number of benzene rings is 2. The van der Waals surface area contributed by atoms with Gasteiger partial charge >= 0.3 is 6.18 Å². The molecule has 0 bridgehead atoms. The Kier molecular flexibility index (Phi) is 6.22. The van der Waals surface area contributed by atoms with Gasteiger partial charge in [-0.3, -0.25) is 0 Å². The number of alkyl halides is 3. The molecule has 0 heterocycles. The molecule has 1 nitrogen and oxygen atoms in total. The quantitative estimate of drug-likeness (QED) is 0.705. The molecule has 0 saturated heterocycles. The van der Waals surface area contributed by atoms with Gasteiger partial charge in [-0.1, -0.05) is 55.5 Å². The largest absolute Gasteiger partial charge is 0.416 e. The van der Waals surface area contributed by atoms with Crippen LogP contribution < -0.4 is 5.32 Å². The van der Waals surface area contributed by atoms with Gasteiger partial charge in [0.1, 0.15) is 0 Å². The molecule has 0 amide bonds. The van der Waals surface area contributed by atoms with Crippen molar-refractivity contribution >= 4 is 0 Å². The van der Waals surface area contributed by atoms with Gasteiger partial charge in [-0.2, -0.15) is 13.2 Å². The van der Waals surface area contributed by atoms with Crippen LogP contribution >= 0.6 is 0 Å². The summed E-state index contributed by atoms with van der Waals surface area (Å²) in [4.78, 5) is 0. The van der Waals surface area contributed by atoms with Crippen LogP contribution in [0.5, 0.6) is 0 Å². The fourth-order valence-corrected chi connectivity index (χ4v) is 2.52. The van der Waals surface area contributed by atoms with E-state index in [-0.39, 0.29) is 5.92 Å². The van der Waals surface area contributed by atoms with E-state index in [4.69, 9.17) is 0 Å². The van der Waals surface area contributed by atoms with E-state index in [2.05, 4.69) is 17.4 Å². The van der Waals surface area contributed by atoms with Crippen molar-refractivity contribution in [1.29, 1.82) is 0 Å². The molecule has 23 heavy (non-hydrogen) atoms. The molecule has 0 aromatic heterocycles. The molecular weight excluding hydrogens is 299 g/mol. The van der Waals surface area contributed by atoms with Gasteiger partial charge in [0.15, 0.2) is 0 Å². The molecule has 0 aliphatic heterocycles. The molecule has 1 unspecified atom stereocenters. The Morgan fingerprint density at radius 1 is 1.00 bits per heavy atom. The Bertz CT molecular complexity index is 593. The van der Waals surface area contributed by atoms with Crippen molar-refractivity contribution in [2.45, 2.75) is 31.9 Å². The van der Waals surface area contributed by atoms with Crippen LogP contribution in [0.1, 0.15) is 36.0 Å². The molecule has 1 N–H and O–H groups in total. The van der Waals surface area contributed by atoms with Crippen LogP contribution in [-0.2, 0) is 12.6 Å². The fourth-order valence-electron chi connectivity index (χ4n) is 2.52. The van der Waals surface area contributed by atoms with Crippen molar-refractivity contribution in [3.05, 3.63) is 71.3 Å². The van der Waals surface area contributed by atoms with Gasteiger partial charge in [0.2, 0.25) is 0 Å². The Balaban J connectivity index is 1.75. The molecule has 2 aromatic rings. The topological polar surface area (TPSA) is 12.0 Å². The summed E-state index contributed by atoms with van der Waals surface area (Å²) in [6.07, 6.45) is -2.26. The van der Waals surface area contributed by atoms with E-state index in [0.717, 1.165) is 31.0 Å². The van der Waals surface area contributed by atoms with Crippen LogP contribution in [-0.4, -0.2) is 13.1 Å². The third-order valence-corrected chi connectivity index (χ3v) is 3.90. The first-order valence-electron chi connectivity index (χ1n) is 7.88. The average molecular weight is 321 g/mol. The zero-order valence-corrected chi connectivity index (χ0v) is 13.2. The van der Waals surface area contributed by atoms with Crippen molar-refractivity contribution in [3.8, 4) is 0 Å². The summed E-state index contributed by atoms with van der Waals surface area (Å²) in [6.45, 7) is 3.48. The van der Waals surface area contributed by atoms with Gasteiger partial charge in [0.25, 0.3) is 0 Å². The number of rotatable bonds is 7. The highest BCUT2D eigenvalue weighted by molar-refractivity contribution is 5.28. The van der Waals surface area contributed by atoms with E-state index in [1.54, 1.807) is 6.07 Å². The van der Waals surface area contributed by atoms with Crippen molar-refractivity contribution in [2.24, 2.45) is 0 Å². The SMILES string of the molecule is CC(CNCCCc1ccccc1)c1cccc(C(F)(F)F)c1. The minimum Gasteiger partial charge on any atom is -0.316 e. The molecule has 0 aliphatic rings. The van der Waals surface area contributed by atoms with Crippen LogP contribution in [0, 0.1) is 0 Å². The number of nitrogens with one attached hydrogen (secondary N) is 1. The van der Waals surface area contributed by atoms with E-state index in [0.29, 0.717) is 6.54 Å². The van der Waals surface area contributed by atoms with E-state index < -0.39 is 11.7 Å². The predicted octanol–water partition coefficient (Wildman–Crippen LogP) is 5.03. The van der Waals surface area contributed by atoms with Crippen LogP contribution in [0.3, 0.4) is 0 Å². The minimum atomic E-state index is -4.28. The second-order valence-electron chi connectivity index (χ2n) is 5.82. The molecule has 2 rings (SSSR count). The monoisotopic (exact) mass is 321 g/mol. The summed E-state index contributed by atoms with van der Waals surface area (Å²) in [6, 6.07) is 15.8. The summed E-state index contributed by atoms with van der Waals surface area (Å²) in [5.41, 5.74) is 1.45. The highest BCUT2D eigenvalue weighted by atomic mass is 19.4. The van der Waals surface area contributed by atoms with E-state index in [1.807, 2.05) is 25.1 Å². The molecule has 1 atom stereocenters. The zero-order chi connectivity index (χ0) is 16.7. The first kappa shape index (κ1) is 17.5. The highest BCUT2D eigenvalue weighted by Gasteiger charge is 2.30. The Hall–Kier alpha value is -1.81. The van der Waals surface area contributed by atoms with Gasteiger partial charge < -0.3 is 5.32 Å². The lowest BCUT2D eigenvalue weighted by atomic mass is 9.99. The maximum Gasteiger partial charge on any atom is 0.416 e. The van der Waals surface area contributed by atoms with Gasteiger partial charge in [-0.15, -0.1) is 0 Å². The maximum absolute atomic E-state index is 12.7. The Morgan fingerprint density at radius 2 is 1.74 bits per heavy atom. The van der Waals surface area contributed by atoms with Crippen molar-refractivity contribution < 1.29 is 13.2 Å². The number of aryl methyl sites for hydroxylation is 1. The lowest BCUT2D eigenvalue weighted by Gasteiger charge is -2.15. The predicted molar refractivity (Wildman–Crippen MR) is 87.5 cm³/mol. The third-order valence-electron chi connectivity index (χ3n) is 3.90. The van der Waals surface area contributed by atoms with Crippen LogP contribution in [0.4, 0.5) is 13.2 Å². The summed E-state index contributed by atoms with van der Waals surface area (Å²) in [7, 11) is 0. The standard InChI is InChI=1S/C19H22F3N/c1-15(17-10-5-11-18(13-17)19(20,21)22)14-23-12-6-9-16-7-3-2-4-8-16/h2-5,7-8,10-11,13,15,23H,6,9,12,14H2,1H3. The van der Waals surface area contributed by atoms with Gasteiger partial charge in [0, 0.05) is 6.54 Å². The summed E-state index contributed by atoms with van der Waals surface area (Å²) in [5.74, 6) is 0.0500. The van der Waals surface area contributed by atoms with Crippen LogP contribution in [0.15, 0.2) is 54.6 Å². The Labute approximate surface area is 135 Å². The highest BCUT2D eigenvalue weighted by Crippen LogP contribution is 2.30. The molecule has 0 fully saturated rings. The minimum absolute atomic E-state index is 0.0500. The van der Waals surface area contributed by atoms with Crippen LogP contribution in [0.2, 0.25) is 0 Å². The number of halogens is 3. The van der Waals surface area contributed by atoms with Crippen molar-refractivity contribution in [1.82, 2.24) is 5.32 Å². The second kappa shape index (κ2) is 8.16. The third kappa shape index (κ3) is 5.71. The van der Waals surface area contributed by atoms with Crippen LogP contribution in [0.25, 0.3) is 0 Å². The van der Waals surface area contributed by atoms with Crippen molar-refractivity contribution in [3.63, 3.8) is 0 Å². The first-order valence-corrected chi connectivity index (χ1v) is 7.88. The van der Waals surface area contributed by atoms with Gasteiger partial charge in [-0.05, 0) is 42.5 Å². The fraction of sp³-hybridized carbons (Fsp3) is 0.368. The average Bonchev–Trinajstić information content (AvgIpc) is 2.54. The molecule has 0 radical (unpaired) electrons. The van der Waals surface area contributed by atoms with E-state index in [9.17, 15) is 13.2 Å². The Morgan fingerprint density at radius 3 is 2.43 bits per heavy atom. The molecule has 0 aliphatic carbocycles. The zero-order valence-electron chi connectivity index (χ0n) is 13.2. The van der Waals surface area contributed by atoms with Gasteiger partial charge in [-0.25, -0.2) is 0 Å². The summed E-state index contributed by atoms with van der Waals surface area (Å²) in [5, 5.41) is 3.33. The lowest BCUT2D eigenvalue weighted by molar-refractivity contribution is -0.137. The van der Waals surface area contributed by atoms with Gasteiger partial charge in [0.05, 0.1) is 5.56 Å². The molecular formula is C19H22F3N. The number of hydrogen-bond acceptors (Lipinski definition) is 1. The summed E-state index contributed by atoms with van der Waals surface area (Å²) < 4.78 is 38.2. The molecule has 4 heteroatoms. The number of hydrogen-bond donors (Lipinski definition) is 1. The molecule has 124 valence electrons. The van der Waals surface area contributed by atoms with E-state index in [1.165, 1.54) is 17.7 Å². The lowest BCUT2D eigenvalue weighted by Crippen LogP contribution is -2.22. The van der Waals surface area contributed by atoms with Crippen molar-refractivity contribution in [2.75, 3.05) is 13.1 Å². The smallest absolute Gasteiger partial charge is 0.316 e. The molecule has 0 spiro atoms. The first-order chi connectivity index (χ1) is 11.0. The molecule has 2 aromatic carbocycles.